The van der Waals surface area contributed by atoms with Gasteiger partial charge < -0.3 is 9.67 Å². The van der Waals surface area contributed by atoms with Crippen LogP contribution in [0.1, 0.15) is 16.2 Å². The number of aryl methyl sites for hydroxylation is 2. The first-order valence-corrected chi connectivity index (χ1v) is 4.74. The minimum absolute atomic E-state index is 0.00231. The van der Waals surface area contributed by atoms with Crippen LogP contribution in [0.25, 0.3) is 11.0 Å². The Morgan fingerprint density at radius 2 is 2.20 bits per heavy atom. The van der Waals surface area contributed by atoms with Crippen LogP contribution < -0.4 is 0 Å². The molecular weight excluding hydrogens is 216 g/mol. The molecule has 2 aromatic rings. The van der Waals surface area contributed by atoms with Crippen molar-refractivity contribution in [3.8, 4) is 0 Å². The average Bonchev–Trinajstić information content (AvgIpc) is 2.42. The van der Waals surface area contributed by atoms with Crippen molar-refractivity contribution in [2.24, 2.45) is 7.05 Å². The molecule has 15 heavy (non-hydrogen) atoms. The number of carboxylic acid groups (broad SMARTS) is 1. The molecule has 0 saturated carbocycles. The third kappa shape index (κ3) is 1.47. The van der Waals surface area contributed by atoms with E-state index < -0.39 is 5.97 Å². The Hall–Kier alpha value is -1.55. The van der Waals surface area contributed by atoms with E-state index in [1.165, 1.54) is 4.57 Å². The number of carboxylic acids is 1. The lowest BCUT2D eigenvalue weighted by Gasteiger charge is -2.00. The molecule has 2 rings (SSSR count). The second-order valence-corrected chi connectivity index (χ2v) is 3.82. The van der Waals surface area contributed by atoms with Gasteiger partial charge in [-0.15, -0.1) is 0 Å². The van der Waals surface area contributed by atoms with Gasteiger partial charge in [0.15, 0.2) is 0 Å². The molecule has 0 fully saturated rings. The van der Waals surface area contributed by atoms with Crippen LogP contribution in [0.15, 0.2) is 12.1 Å². The highest BCUT2D eigenvalue weighted by Crippen LogP contribution is 2.25. The average molecular weight is 225 g/mol. The maximum Gasteiger partial charge on any atom is 0.372 e. The van der Waals surface area contributed by atoms with E-state index >= 15 is 0 Å². The van der Waals surface area contributed by atoms with Gasteiger partial charge in [0.25, 0.3) is 0 Å². The normalized spacial score (nSPS) is 10.9. The minimum atomic E-state index is -1.05. The Morgan fingerprint density at radius 1 is 1.53 bits per heavy atom. The molecule has 0 bridgehead atoms. The van der Waals surface area contributed by atoms with Gasteiger partial charge in [0.2, 0.25) is 5.82 Å². The number of benzene rings is 1. The number of nitrogens with zero attached hydrogens (tertiary/aromatic N) is 2. The second-order valence-electron chi connectivity index (χ2n) is 3.41. The van der Waals surface area contributed by atoms with Crippen molar-refractivity contribution in [1.29, 1.82) is 0 Å². The monoisotopic (exact) mass is 224 g/mol. The molecule has 1 N–H and O–H groups in total. The van der Waals surface area contributed by atoms with Crippen LogP contribution in [0, 0.1) is 6.92 Å². The van der Waals surface area contributed by atoms with Gasteiger partial charge in [-0.05, 0) is 24.6 Å². The molecule has 0 aliphatic carbocycles. The van der Waals surface area contributed by atoms with Gasteiger partial charge in [0, 0.05) is 7.05 Å². The molecule has 1 aromatic heterocycles. The molecule has 1 aromatic carbocycles. The number of aromatic nitrogens is 2. The van der Waals surface area contributed by atoms with Crippen molar-refractivity contribution >= 4 is 28.6 Å². The third-order valence-electron chi connectivity index (χ3n) is 2.26. The smallest absolute Gasteiger partial charge is 0.372 e. The number of imidazole rings is 1. The molecule has 5 heteroatoms. The number of halogens is 1. The number of rotatable bonds is 1. The molecule has 4 nitrogen and oxygen atoms in total. The molecule has 0 atom stereocenters. The van der Waals surface area contributed by atoms with Gasteiger partial charge in [0.05, 0.1) is 16.1 Å². The predicted octanol–water partition coefficient (Wildman–Crippen LogP) is 2.23. The first kappa shape index (κ1) is 9.98. The van der Waals surface area contributed by atoms with E-state index in [1.807, 2.05) is 13.0 Å². The van der Waals surface area contributed by atoms with Crippen molar-refractivity contribution in [2.45, 2.75) is 6.92 Å². The zero-order chi connectivity index (χ0) is 11.2. The van der Waals surface area contributed by atoms with E-state index in [9.17, 15) is 4.79 Å². The van der Waals surface area contributed by atoms with Crippen molar-refractivity contribution in [3.63, 3.8) is 0 Å². The van der Waals surface area contributed by atoms with Crippen LogP contribution in [-0.4, -0.2) is 20.6 Å². The van der Waals surface area contributed by atoms with Crippen LogP contribution in [-0.2, 0) is 7.05 Å². The summed E-state index contributed by atoms with van der Waals surface area (Å²) in [5.74, 6) is -1.06. The van der Waals surface area contributed by atoms with Gasteiger partial charge in [-0.3, -0.25) is 0 Å². The summed E-state index contributed by atoms with van der Waals surface area (Å²) >= 11 is 6.03. The number of hydrogen-bond acceptors (Lipinski definition) is 2. The van der Waals surface area contributed by atoms with Crippen molar-refractivity contribution in [3.05, 3.63) is 28.5 Å². The fraction of sp³-hybridized carbons (Fsp3) is 0.200. The number of carbonyl (C=O) groups is 1. The Morgan fingerprint density at radius 3 is 2.80 bits per heavy atom. The van der Waals surface area contributed by atoms with E-state index in [0.717, 1.165) is 5.56 Å². The lowest BCUT2D eigenvalue weighted by Crippen LogP contribution is -2.05. The summed E-state index contributed by atoms with van der Waals surface area (Å²) in [6.07, 6.45) is 0. The molecule has 0 radical (unpaired) electrons. The lowest BCUT2D eigenvalue weighted by atomic mass is 10.2. The van der Waals surface area contributed by atoms with Crippen LogP contribution in [0.2, 0.25) is 5.02 Å². The Kier molecular flexibility index (Phi) is 2.16. The zero-order valence-electron chi connectivity index (χ0n) is 8.28. The molecule has 0 spiro atoms. The van der Waals surface area contributed by atoms with Crippen LogP contribution in [0.5, 0.6) is 0 Å². The quantitative estimate of drug-likeness (QED) is 0.808. The maximum absolute atomic E-state index is 10.9. The van der Waals surface area contributed by atoms with Crippen LogP contribution in [0.3, 0.4) is 0 Å². The van der Waals surface area contributed by atoms with E-state index in [1.54, 1.807) is 13.1 Å². The molecule has 0 amide bonds. The van der Waals surface area contributed by atoms with E-state index in [2.05, 4.69) is 4.98 Å². The molecular formula is C10H9ClN2O2. The fourth-order valence-electron chi connectivity index (χ4n) is 1.62. The first-order valence-electron chi connectivity index (χ1n) is 4.36. The summed E-state index contributed by atoms with van der Waals surface area (Å²) in [6.45, 7) is 1.89. The van der Waals surface area contributed by atoms with Crippen LogP contribution in [0.4, 0.5) is 0 Å². The maximum atomic E-state index is 10.9. The molecule has 0 saturated heterocycles. The van der Waals surface area contributed by atoms with Gasteiger partial charge in [-0.1, -0.05) is 11.6 Å². The summed E-state index contributed by atoms with van der Waals surface area (Å²) in [6, 6.07) is 3.60. The number of aromatic carboxylic acids is 1. The Balaban J connectivity index is 2.88. The molecule has 1 heterocycles. The largest absolute Gasteiger partial charge is 0.475 e. The van der Waals surface area contributed by atoms with Crippen molar-refractivity contribution < 1.29 is 9.90 Å². The lowest BCUT2D eigenvalue weighted by molar-refractivity contribution is 0.0680. The fourth-order valence-corrected chi connectivity index (χ4v) is 2.02. The highest BCUT2D eigenvalue weighted by molar-refractivity contribution is 6.35. The summed E-state index contributed by atoms with van der Waals surface area (Å²) in [7, 11) is 1.64. The van der Waals surface area contributed by atoms with Gasteiger partial charge in [-0.2, -0.15) is 0 Å². The van der Waals surface area contributed by atoms with Crippen LogP contribution >= 0.6 is 11.6 Å². The van der Waals surface area contributed by atoms with E-state index in [4.69, 9.17) is 16.7 Å². The standard InChI is InChI=1S/C10H9ClN2O2/c1-5-3-6(11)8-7(4-5)12-9(10(14)15)13(8)2/h3-4H,1-2H3,(H,14,15). The van der Waals surface area contributed by atoms with E-state index in [-0.39, 0.29) is 5.82 Å². The molecule has 0 aliphatic rings. The van der Waals surface area contributed by atoms with E-state index in [0.29, 0.717) is 16.1 Å². The summed E-state index contributed by atoms with van der Waals surface area (Å²) < 4.78 is 1.49. The number of fused-ring (bicyclic) bond motifs is 1. The van der Waals surface area contributed by atoms with Gasteiger partial charge in [0.1, 0.15) is 0 Å². The van der Waals surface area contributed by atoms with Gasteiger partial charge in [-0.25, -0.2) is 9.78 Å². The summed E-state index contributed by atoms with van der Waals surface area (Å²) in [5, 5.41) is 9.42. The Bertz CT molecular complexity index is 560. The Labute approximate surface area is 91.1 Å². The highest BCUT2D eigenvalue weighted by atomic mass is 35.5. The second kappa shape index (κ2) is 3.24. The summed E-state index contributed by atoms with van der Waals surface area (Å²) in [5.41, 5.74) is 2.22. The SMILES string of the molecule is Cc1cc(Cl)c2c(c1)nc(C(=O)O)n2C. The number of hydrogen-bond donors (Lipinski definition) is 1. The predicted molar refractivity (Wildman–Crippen MR) is 57.4 cm³/mol. The van der Waals surface area contributed by atoms with Crippen molar-refractivity contribution in [2.75, 3.05) is 0 Å². The molecule has 0 aliphatic heterocycles. The zero-order valence-corrected chi connectivity index (χ0v) is 9.04. The van der Waals surface area contributed by atoms with Gasteiger partial charge >= 0.3 is 5.97 Å². The summed E-state index contributed by atoms with van der Waals surface area (Å²) in [4.78, 5) is 14.9. The molecule has 0 unspecified atom stereocenters. The topological polar surface area (TPSA) is 55.1 Å². The molecule has 78 valence electrons. The third-order valence-corrected chi connectivity index (χ3v) is 2.55. The highest BCUT2D eigenvalue weighted by Gasteiger charge is 2.16. The van der Waals surface area contributed by atoms with Crippen molar-refractivity contribution in [1.82, 2.24) is 9.55 Å². The first-order chi connectivity index (χ1) is 7.00. The minimum Gasteiger partial charge on any atom is -0.475 e.